The van der Waals surface area contributed by atoms with Crippen molar-refractivity contribution in [2.24, 2.45) is 0 Å². The zero-order valence-corrected chi connectivity index (χ0v) is 16.1. The highest BCUT2D eigenvalue weighted by Crippen LogP contribution is 2.45. The number of nitrogens with zero attached hydrogens (tertiary/aromatic N) is 1. The van der Waals surface area contributed by atoms with Gasteiger partial charge >= 0.3 is 6.09 Å². The van der Waals surface area contributed by atoms with Gasteiger partial charge in [-0.3, -0.25) is 0 Å². The van der Waals surface area contributed by atoms with Crippen molar-refractivity contribution in [2.75, 3.05) is 6.54 Å². The second-order valence-electron chi connectivity index (χ2n) is 8.77. The molecule has 4 nitrogen and oxygen atoms in total. The Balaban J connectivity index is 1.58. The highest BCUT2D eigenvalue weighted by molar-refractivity contribution is 5.69. The molecule has 2 fully saturated rings. The van der Waals surface area contributed by atoms with E-state index in [-0.39, 0.29) is 11.6 Å². The minimum atomic E-state index is -0.428. The van der Waals surface area contributed by atoms with Crippen molar-refractivity contribution in [3.8, 4) is 0 Å². The average molecular weight is 344 g/mol. The third kappa shape index (κ3) is 4.35. The van der Waals surface area contributed by atoms with Gasteiger partial charge in [-0.1, -0.05) is 29.8 Å². The van der Waals surface area contributed by atoms with Crippen LogP contribution in [0.5, 0.6) is 0 Å². The summed E-state index contributed by atoms with van der Waals surface area (Å²) in [6.45, 7) is 9.62. The minimum Gasteiger partial charge on any atom is -0.444 e. The van der Waals surface area contributed by atoms with Crippen molar-refractivity contribution in [3.63, 3.8) is 0 Å². The number of nitrogens with one attached hydrogen (secondary N) is 1. The molecule has 1 aromatic carbocycles. The van der Waals surface area contributed by atoms with Crippen LogP contribution in [-0.2, 0) is 11.3 Å². The predicted octanol–water partition coefficient (Wildman–Crippen LogP) is 4.41. The maximum Gasteiger partial charge on any atom is 0.410 e. The van der Waals surface area contributed by atoms with Crippen molar-refractivity contribution in [3.05, 3.63) is 35.4 Å². The molecule has 1 amide bonds. The van der Waals surface area contributed by atoms with Gasteiger partial charge in [-0.2, -0.15) is 0 Å². The standard InChI is InChI=1S/C21H32N2O2/c1-16-6-8-17(9-7-16)15-22-18-10-13-23(19(24)25-20(2,3)4)21(14-18)11-5-12-21/h6-9,18,22H,5,10-15H2,1-4H3. The third-order valence-corrected chi connectivity index (χ3v) is 5.51. The van der Waals surface area contributed by atoms with Crippen molar-refractivity contribution < 1.29 is 9.53 Å². The topological polar surface area (TPSA) is 41.6 Å². The third-order valence-electron chi connectivity index (χ3n) is 5.51. The maximum atomic E-state index is 12.6. The summed E-state index contributed by atoms with van der Waals surface area (Å²) in [6.07, 6.45) is 5.32. The van der Waals surface area contributed by atoms with E-state index in [1.54, 1.807) is 0 Å². The summed E-state index contributed by atoms with van der Waals surface area (Å²) >= 11 is 0. The van der Waals surface area contributed by atoms with Crippen molar-refractivity contribution in [1.82, 2.24) is 10.2 Å². The van der Waals surface area contributed by atoms with Gasteiger partial charge in [0.15, 0.2) is 0 Å². The summed E-state index contributed by atoms with van der Waals surface area (Å²) in [6, 6.07) is 9.18. The Bertz CT molecular complexity index is 599. The van der Waals surface area contributed by atoms with Crippen LogP contribution in [0.3, 0.4) is 0 Å². The van der Waals surface area contributed by atoms with Gasteiger partial charge in [-0.15, -0.1) is 0 Å². The van der Waals surface area contributed by atoms with Gasteiger partial charge in [0.1, 0.15) is 5.60 Å². The number of likely N-dealkylation sites (tertiary alicyclic amines) is 1. The Hall–Kier alpha value is -1.55. The summed E-state index contributed by atoms with van der Waals surface area (Å²) in [5, 5.41) is 3.71. The van der Waals surface area contributed by atoms with E-state index in [0.717, 1.165) is 38.8 Å². The minimum absolute atomic E-state index is 0.0194. The predicted molar refractivity (Wildman–Crippen MR) is 101 cm³/mol. The van der Waals surface area contributed by atoms with Crippen molar-refractivity contribution in [1.29, 1.82) is 0 Å². The Morgan fingerprint density at radius 2 is 1.96 bits per heavy atom. The van der Waals surface area contributed by atoms with E-state index < -0.39 is 5.60 Å². The molecule has 138 valence electrons. The molecule has 0 bridgehead atoms. The zero-order chi connectivity index (χ0) is 18.1. The van der Waals surface area contributed by atoms with E-state index in [1.165, 1.54) is 17.5 Å². The van der Waals surface area contributed by atoms with Crippen LogP contribution in [0.15, 0.2) is 24.3 Å². The number of amides is 1. The lowest BCUT2D eigenvalue weighted by Crippen LogP contribution is -2.63. The Labute approximate surface area is 151 Å². The molecule has 1 aliphatic heterocycles. The zero-order valence-electron chi connectivity index (χ0n) is 16.1. The number of carbonyl (C=O) groups is 1. The van der Waals surface area contributed by atoms with Gasteiger partial charge in [0.2, 0.25) is 0 Å². The summed E-state index contributed by atoms with van der Waals surface area (Å²) in [5.74, 6) is 0. The molecule has 2 aliphatic rings. The highest BCUT2D eigenvalue weighted by Gasteiger charge is 2.49. The Morgan fingerprint density at radius 1 is 1.28 bits per heavy atom. The van der Waals surface area contributed by atoms with E-state index in [4.69, 9.17) is 4.74 Å². The normalized spacial score (nSPS) is 22.6. The van der Waals surface area contributed by atoms with E-state index in [2.05, 4.69) is 36.5 Å². The molecule has 1 unspecified atom stereocenters. The number of carbonyl (C=O) groups excluding carboxylic acids is 1. The van der Waals surface area contributed by atoms with Crippen LogP contribution in [0.25, 0.3) is 0 Å². The van der Waals surface area contributed by atoms with Crippen molar-refractivity contribution >= 4 is 6.09 Å². The molecule has 1 saturated carbocycles. The molecule has 1 atom stereocenters. The smallest absolute Gasteiger partial charge is 0.410 e. The largest absolute Gasteiger partial charge is 0.444 e. The summed E-state index contributed by atoms with van der Waals surface area (Å²) in [7, 11) is 0. The number of aryl methyl sites for hydroxylation is 1. The fraction of sp³-hybridized carbons (Fsp3) is 0.667. The number of piperidine rings is 1. The van der Waals surface area contributed by atoms with Gasteiger partial charge in [0.05, 0.1) is 0 Å². The first-order valence-electron chi connectivity index (χ1n) is 9.57. The SMILES string of the molecule is Cc1ccc(CNC2CCN(C(=O)OC(C)(C)C)C3(CCC3)C2)cc1. The number of rotatable bonds is 3. The van der Waals surface area contributed by atoms with Crippen LogP contribution in [0, 0.1) is 6.92 Å². The van der Waals surface area contributed by atoms with E-state index in [9.17, 15) is 4.79 Å². The summed E-state index contributed by atoms with van der Waals surface area (Å²) in [4.78, 5) is 14.6. The molecule has 3 rings (SSSR count). The molecule has 0 aromatic heterocycles. The molecule has 1 aliphatic carbocycles. The second-order valence-corrected chi connectivity index (χ2v) is 8.77. The lowest BCUT2D eigenvalue weighted by molar-refractivity contribution is -0.0494. The first-order chi connectivity index (χ1) is 11.8. The summed E-state index contributed by atoms with van der Waals surface area (Å²) < 4.78 is 5.65. The molecule has 0 radical (unpaired) electrons. The molecule has 1 spiro atoms. The molecule has 4 heteroatoms. The molecular weight excluding hydrogens is 312 g/mol. The van der Waals surface area contributed by atoms with Crippen LogP contribution in [0.4, 0.5) is 4.79 Å². The monoisotopic (exact) mass is 344 g/mol. The van der Waals surface area contributed by atoms with Gasteiger partial charge < -0.3 is 15.0 Å². The lowest BCUT2D eigenvalue weighted by atomic mass is 9.69. The van der Waals surface area contributed by atoms with Crippen molar-refractivity contribution in [2.45, 2.75) is 83.5 Å². The Kier molecular flexibility index (Phi) is 5.10. The van der Waals surface area contributed by atoms with Crippen LogP contribution in [0.1, 0.15) is 64.0 Å². The van der Waals surface area contributed by atoms with E-state index in [0.29, 0.717) is 6.04 Å². The van der Waals surface area contributed by atoms with Gasteiger partial charge in [0.25, 0.3) is 0 Å². The molecule has 25 heavy (non-hydrogen) atoms. The van der Waals surface area contributed by atoms with Crippen LogP contribution >= 0.6 is 0 Å². The Morgan fingerprint density at radius 3 is 2.52 bits per heavy atom. The van der Waals surface area contributed by atoms with Crippen LogP contribution in [0.2, 0.25) is 0 Å². The summed E-state index contributed by atoms with van der Waals surface area (Å²) in [5.41, 5.74) is 2.21. The molecule has 1 N–H and O–H groups in total. The first-order valence-corrected chi connectivity index (χ1v) is 9.57. The van der Waals surface area contributed by atoms with Gasteiger partial charge in [-0.05, 0) is 65.4 Å². The fourth-order valence-corrected chi connectivity index (χ4v) is 4.00. The van der Waals surface area contributed by atoms with Crippen LogP contribution < -0.4 is 5.32 Å². The molecule has 1 heterocycles. The van der Waals surface area contributed by atoms with E-state index in [1.807, 2.05) is 25.7 Å². The number of ether oxygens (including phenoxy) is 1. The average Bonchev–Trinajstić information content (AvgIpc) is 2.51. The van der Waals surface area contributed by atoms with Gasteiger partial charge in [0, 0.05) is 24.7 Å². The van der Waals surface area contributed by atoms with Crippen LogP contribution in [-0.4, -0.2) is 34.7 Å². The molecular formula is C21H32N2O2. The van der Waals surface area contributed by atoms with E-state index >= 15 is 0 Å². The maximum absolute atomic E-state index is 12.6. The fourth-order valence-electron chi connectivity index (χ4n) is 4.00. The number of benzene rings is 1. The molecule has 1 saturated heterocycles. The molecule has 1 aromatic rings. The highest BCUT2D eigenvalue weighted by atomic mass is 16.6. The second kappa shape index (κ2) is 6.99. The quantitative estimate of drug-likeness (QED) is 0.883. The number of hydrogen-bond acceptors (Lipinski definition) is 3. The first kappa shape index (κ1) is 18.2. The lowest BCUT2D eigenvalue weighted by Gasteiger charge is -2.54. The number of hydrogen-bond donors (Lipinski definition) is 1. The van der Waals surface area contributed by atoms with Gasteiger partial charge in [-0.25, -0.2) is 4.79 Å².